The number of amides is 2. The highest BCUT2D eigenvalue weighted by Crippen LogP contribution is 2.26. The van der Waals surface area contributed by atoms with Crippen LogP contribution in [-0.4, -0.2) is 42.9 Å². The number of carbonyl (C=O) groups excluding carboxylic acids is 2. The molecular formula is C27H36N4O2. The average molecular weight is 449 g/mol. The Kier molecular flexibility index (Phi) is 7.21. The minimum Gasteiger partial charge on any atom is -0.372 e. The standard InChI is InChI=1S/C27H36N4O2/c1-4-30-18-22(17-26(30)32)27(33)28-20(3)21-5-7-23(8-6-21)29-24-9-11-25(12-10-24)31-15-13-19(2)14-16-31/h5-12,19-20,22,29H,4,13-18H2,1-3H3,(H,28,33). The van der Waals surface area contributed by atoms with Crippen LogP contribution in [0.25, 0.3) is 0 Å². The molecule has 6 nitrogen and oxygen atoms in total. The molecule has 0 aliphatic carbocycles. The number of hydrogen-bond acceptors (Lipinski definition) is 4. The third kappa shape index (κ3) is 5.67. The number of nitrogens with one attached hydrogen (secondary N) is 2. The molecule has 0 spiro atoms. The number of nitrogens with zero attached hydrogens (tertiary/aromatic N) is 2. The average Bonchev–Trinajstić information content (AvgIpc) is 3.21. The zero-order valence-corrected chi connectivity index (χ0v) is 20.0. The van der Waals surface area contributed by atoms with Gasteiger partial charge in [0.05, 0.1) is 12.0 Å². The smallest absolute Gasteiger partial charge is 0.225 e. The van der Waals surface area contributed by atoms with Gasteiger partial charge in [-0.1, -0.05) is 19.1 Å². The lowest BCUT2D eigenvalue weighted by molar-refractivity contribution is -0.129. The fourth-order valence-electron chi connectivity index (χ4n) is 4.71. The molecule has 2 aliphatic rings. The molecule has 6 heteroatoms. The van der Waals surface area contributed by atoms with E-state index in [9.17, 15) is 9.59 Å². The number of anilines is 3. The van der Waals surface area contributed by atoms with E-state index in [2.05, 4.69) is 46.7 Å². The van der Waals surface area contributed by atoms with Crippen LogP contribution in [0.5, 0.6) is 0 Å². The van der Waals surface area contributed by atoms with Crippen LogP contribution in [0.1, 0.15) is 51.6 Å². The number of likely N-dealkylation sites (tertiary alicyclic amines) is 1. The summed E-state index contributed by atoms with van der Waals surface area (Å²) in [5, 5.41) is 6.53. The first-order valence-electron chi connectivity index (χ1n) is 12.2. The van der Waals surface area contributed by atoms with E-state index >= 15 is 0 Å². The van der Waals surface area contributed by atoms with Gasteiger partial charge in [0.15, 0.2) is 0 Å². The van der Waals surface area contributed by atoms with Gasteiger partial charge >= 0.3 is 0 Å². The molecule has 0 aromatic heterocycles. The molecule has 2 aromatic carbocycles. The fourth-order valence-corrected chi connectivity index (χ4v) is 4.71. The lowest BCUT2D eigenvalue weighted by Gasteiger charge is -2.32. The van der Waals surface area contributed by atoms with E-state index in [1.165, 1.54) is 18.5 Å². The second kappa shape index (κ2) is 10.3. The van der Waals surface area contributed by atoms with E-state index in [-0.39, 0.29) is 23.8 Å². The van der Waals surface area contributed by atoms with Gasteiger partial charge in [0.1, 0.15) is 0 Å². The van der Waals surface area contributed by atoms with E-state index in [0.717, 1.165) is 35.9 Å². The first-order valence-corrected chi connectivity index (χ1v) is 12.2. The first-order chi connectivity index (χ1) is 15.9. The van der Waals surface area contributed by atoms with Crippen LogP contribution >= 0.6 is 0 Å². The normalized spacial score (nSPS) is 20.1. The van der Waals surface area contributed by atoms with Crippen molar-refractivity contribution in [3.63, 3.8) is 0 Å². The monoisotopic (exact) mass is 448 g/mol. The minimum atomic E-state index is -0.253. The van der Waals surface area contributed by atoms with Gasteiger partial charge in [-0.3, -0.25) is 9.59 Å². The van der Waals surface area contributed by atoms with Crippen LogP contribution in [0.4, 0.5) is 17.1 Å². The molecule has 2 N–H and O–H groups in total. The summed E-state index contributed by atoms with van der Waals surface area (Å²) >= 11 is 0. The Labute approximate surface area is 197 Å². The molecule has 2 amide bonds. The molecule has 2 aliphatic heterocycles. The predicted molar refractivity (Wildman–Crippen MR) is 134 cm³/mol. The van der Waals surface area contributed by atoms with Crippen molar-refractivity contribution in [3.8, 4) is 0 Å². The van der Waals surface area contributed by atoms with Gasteiger partial charge in [-0.05, 0) is 74.6 Å². The van der Waals surface area contributed by atoms with Crippen LogP contribution in [0.2, 0.25) is 0 Å². The Morgan fingerprint density at radius 3 is 2.21 bits per heavy atom. The summed E-state index contributed by atoms with van der Waals surface area (Å²) in [6, 6.07) is 16.7. The molecule has 2 fully saturated rings. The van der Waals surface area contributed by atoms with Gasteiger partial charge in [0.25, 0.3) is 0 Å². The summed E-state index contributed by atoms with van der Waals surface area (Å²) in [7, 11) is 0. The number of carbonyl (C=O) groups is 2. The van der Waals surface area contributed by atoms with Crippen molar-refractivity contribution in [2.24, 2.45) is 11.8 Å². The first kappa shape index (κ1) is 23.1. The second-order valence-electron chi connectivity index (χ2n) is 9.53. The lowest BCUT2D eigenvalue weighted by atomic mass is 9.99. The Balaban J connectivity index is 1.30. The molecule has 2 saturated heterocycles. The summed E-state index contributed by atoms with van der Waals surface area (Å²) in [5.41, 5.74) is 4.40. The van der Waals surface area contributed by atoms with Crippen molar-refractivity contribution in [2.75, 3.05) is 36.4 Å². The van der Waals surface area contributed by atoms with E-state index < -0.39 is 0 Å². The Hall–Kier alpha value is -3.02. The summed E-state index contributed by atoms with van der Waals surface area (Å²) in [4.78, 5) is 28.7. The molecule has 2 atom stereocenters. The van der Waals surface area contributed by atoms with Gasteiger partial charge in [-0.2, -0.15) is 0 Å². The van der Waals surface area contributed by atoms with Gasteiger partial charge < -0.3 is 20.4 Å². The molecule has 0 bridgehead atoms. The van der Waals surface area contributed by atoms with Crippen molar-refractivity contribution in [2.45, 2.75) is 46.1 Å². The quantitative estimate of drug-likeness (QED) is 0.644. The van der Waals surface area contributed by atoms with E-state index in [1.54, 1.807) is 4.90 Å². The van der Waals surface area contributed by atoms with Crippen LogP contribution in [0.3, 0.4) is 0 Å². The summed E-state index contributed by atoms with van der Waals surface area (Å²) in [6.45, 7) is 9.71. The van der Waals surface area contributed by atoms with Crippen molar-refractivity contribution >= 4 is 28.9 Å². The fraction of sp³-hybridized carbons (Fsp3) is 0.481. The van der Waals surface area contributed by atoms with Crippen LogP contribution in [0, 0.1) is 11.8 Å². The highest BCUT2D eigenvalue weighted by molar-refractivity contribution is 5.89. The van der Waals surface area contributed by atoms with Crippen LogP contribution in [0.15, 0.2) is 48.5 Å². The zero-order chi connectivity index (χ0) is 23.4. The molecule has 176 valence electrons. The molecule has 0 saturated carbocycles. The van der Waals surface area contributed by atoms with Gasteiger partial charge in [0.2, 0.25) is 11.8 Å². The molecule has 4 rings (SSSR count). The summed E-state index contributed by atoms with van der Waals surface area (Å²) in [6.07, 6.45) is 2.84. The summed E-state index contributed by atoms with van der Waals surface area (Å²) < 4.78 is 0. The Bertz CT molecular complexity index is 949. The van der Waals surface area contributed by atoms with Gasteiger partial charge in [-0.25, -0.2) is 0 Å². The van der Waals surface area contributed by atoms with E-state index in [0.29, 0.717) is 19.5 Å². The molecular weight excluding hydrogens is 412 g/mol. The minimum absolute atomic E-state index is 0.0442. The lowest BCUT2D eigenvalue weighted by Crippen LogP contribution is -2.34. The summed E-state index contributed by atoms with van der Waals surface area (Å²) in [5.74, 6) is 0.605. The predicted octanol–water partition coefficient (Wildman–Crippen LogP) is 4.71. The largest absolute Gasteiger partial charge is 0.372 e. The molecule has 2 unspecified atom stereocenters. The maximum atomic E-state index is 12.6. The third-order valence-corrected chi connectivity index (χ3v) is 7.04. The van der Waals surface area contributed by atoms with Gasteiger partial charge in [0, 0.05) is 49.7 Å². The van der Waals surface area contributed by atoms with Crippen molar-refractivity contribution in [1.29, 1.82) is 0 Å². The Morgan fingerprint density at radius 2 is 1.64 bits per heavy atom. The third-order valence-electron chi connectivity index (χ3n) is 7.04. The maximum Gasteiger partial charge on any atom is 0.225 e. The van der Waals surface area contributed by atoms with Crippen molar-refractivity contribution < 1.29 is 9.59 Å². The van der Waals surface area contributed by atoms with Gasteiger partial charge in [-0.15, -0.1) is 0 Å². The highest BCUT2D eigenvalue weighted by atomic mass is 16.2. The number of hydrogen-bond donors (Lipinski definition) is 2. The van der Waals surface area contributed by atoms with E-state index in [1.807, 2.05) is 38.1 Å². The molecule has 2 heterocycles. The number of benzene rings is 2. The number of rotatable bonds is 7. The maximum absolute atomic E-state index is 12.6. The second-order valence-corrected chi connectivity index (χ2v) is 9.53. The van der Waals surface area contributed by atoms with Crippen LogP contribution in [-0.2, 0) is 9.59 Å². The Morgan fingerprint density at radius 1 is 1.03 bits per heavy atom. The molecule has 33 heavy (non-hydrogen) atoms. The topological polar surface area (TPSA) is 64.7 Å². The van der Waals surface area contributed by atoms with Crippen molar-refractivity contribution in [3.05, 3.63) is 54.1 Å². The number of piperidine rings is 1. The molecule has 2 aromatic rings. The van der Waals surface area contributed by atoms with Crippen molar-refractivity contribution in [1.82, 2.24) is 10.2 Å². The van der Waals surface area contributed by atoms with Crippen LogP contribution < -0.4 is 15.5 Å². The van der Waals surface area contributed by atoms with E-state index in [4.69, 9.17) is 0 Å². The highest BCUT2D eigenvalue weighted by Gasteiger charge is 2.33. The molecule has 0 radical (unpaired) electrons. The SMILES string of the molecule is CCN1CC(C(=O)NC(C)c2ccc(Nc3ccc(N4CCC(C)CC4)cc3)cc2)CC1=O. The zero-order valence-electron chi connectivity index (χ0n) is 20.0.